The van der Waals surface area contributed by atoms with Crippen molar-refractivity contribution in [1.29, 1.82) is 0 Å². The van der Waals surface area contributed by atoms with Gasteiger partial charge in [-0.05, 0) is 42.3 Å². The van der Waals surface area contributed by atoms with Crippen LogP contribution in [0.5, 0.6) is 0 Å². The number of hydrogen-bond donors (Lipinski definition) is 1. The number of anilines is 1. The van der Waals surface area contributed by atoms with Gasteiger partial charge in [0.1, 0.15) is 11.6 Å². The van der Waals surface area contributed by atoms with Crippen molar-refractivity contribution < 1.29 is 4.39 Å². The second-order valence-electron chi connectivity index (χ2n) is 5.61. The number of nitrogens with zero attached hydrogens (tertiary/aromatic N) is 2. The summed E-state index contributed by atoms with van der Waals surface area (Å²) in [6.45, 7) is 0.557. The third-order valence-corrected chi connectivity index (χ3v) is 4.11. The smallest absolute Gasteiger partial charge is 0.261 e. The van der Waals surface area contributed by atoms with E-state index in [1.165, 1.54) is 6.07 Å². The molecule has 0 spiro atoms. The summed E-state index contributed by atoms with van der Waals surface area (Å²) in [5.74, 6) is 0.308. The van der Waals surface area contributed by atoms with Gasteiger partial charge >= 0.3 is 0 Å². The van der Waals surface area contributed by atoms with E-state index in [1.54, 1.807) is 47.0 Å². The molecule has 23 heavy (non-hydrogen) atoms. The lowest BCUT2D eigenvalue weighted by Gasteiger charge is -2.06. The van der Waals surface area contributed by atoms with Crippen LogP contribution in [0.2, 0.25) is 0 Å². The molecule has 3 aromatic rings. The third kappa shape index (κ3) is 2.21. The Balaban J connectivity index is 1.93. The summed E-state index contributed by atoms with van der Waals surface area (Å²) in [5.41, 5.74) is 8.19. The number of nitrogens with two attached hydrogens (primary N) is 1. The van der Waals surface area contributed by atoms with Crippen LogP contribution in [0.4, 0.5) is 10.1 Å². The lowest BCUT2D eigenvalue weighted by atomic mass is 10.1. The van der Waals surface area contributed by atoms with Gasteiger partial charge in [-0.2, -0.15) is 0 Å². The normalized spacial score (nSPS) is 15.3. The molecular formula is C18H14FN3O. The van der Waals surface area contributed by atoms with Crippen LogP contribution in [-0.4, -0.2) is 9.55 Å². The van der Waals surface area contributed by atoms with Crippen LogP contribution in [0.1, 0.15) is 17.8 Å². The van der Waals surface area contributed by atoms with Crippen molar-refractivity contribution in [2.75, 3.05) is 5.73 Å². The molecule has 0 bridgehead atoms. The molecule has 0 fully saturated rings. The van der Waals surface area contributed by atoms with E-state index in [-0.39, 0.29) is 11.4 Å². The van der Waals surface area contributed by atoms with Gasteiger partial charge in [-0.3, -0.25) is 9.36 Å². The minimum atomic E-state index is -0.286. The highest BCUT2D eigenvalue weighted by Gasteiger charge is 2.21. The molecule has 2 aromatic carbocycles. The quantitative estimate of drug-likeness (QED) is 0.703. The molecule has 0 aliphatic carbocycles. The maximum absolute atomic E-state index is 13.9. The lowest BCUT2D eigenvalue weighted by molar-refractivity contribution is 0.625. The fraction of sp³-hybridized carbons (Fsp3) is 0.111. The fourth-order valence-corrected chi connectivity index (χ4v) is 2.95. The van der Waals surface area contributed by atoms with Crippen molar-refractivity contribution in [1.82, 2.24) is 9.55 Å². The SMILES string of the molecule is Nc1ccc2c(=O)n3c(nc2c1)/C(=C/c1ccccc1F)CC3. The number of hydrogen-bond acceptors (Lipinski definition) is 3. The van der Waals surface area contributed by atoms with E-state index in [0.717, 1.165) is 5.57 Å². The summed E-state index contributed by atoms with van der Waals surface area (Å²) < 4.78 is 15.5. The van der Waals surface area contributed by atoms with E-state index >= 15 is 0 Å². The van der Waals surface area contributed by atoms with Crippen LogP contribution >= 0.6 is 0 Å². The average molecular weight is 307 g/mol. The Morgan fingerprint density at radius 2 is 2.04 bits per heavy atom. The number of benzene rings is 2. The predicted octanol–water partition coefficient (Wildman–Crippen LogP) is 3.06. The highest BCUT2D eigenvalue weighted by atomic mass is 19.1. The van der Waals surface area contributed by atoms with Gasteiger partial charge in [0, 0.05) is 17.8 Å². The molecule has 2 heterocycles. The van der Waals surface area contributed by atoms with Crippen LogP contribution in [0.3, 0.4) is 0 Å². The first-order valence-corrected chi connectivity index (χ1v) is 7.39. The zero-order valence-corrected chi connectivity index (χ0v) is 12.3. The Labute approximate surface area is 131 Å². The Bertz CT molecular complexity index is 1020. The Morgan fingerprint density at radius 3 is 2.87 bits per heavy atom. The minimum absolute atomic E-state index is 0.0815. The molecule has 1 aromatic heterocycles. The maximum Gasteiger partial charge on any atom is 0.261 e. The van der Waals surface area contributed by atoms with E-state index in [9.17, 15) is 9.18 Å². The van der Waals surface area contributed by atoms with Gasteiger partial charge in [0.2, 0.25) is 0 Å². The van der Waals surface area contributed by atoms with Gasteiger partial charge in [0.15, 0.2) is 0 Å². The van der Waals surface area contributed by atoms with E-state index in [1.807, 2.05) is 0 Å². The van der Waals surface area contributed by atoms with Gasteiger partial charge in [0.25, 0.3) is 5.56 Å². The minimum Gasteiger partial charge on any atom is -0.399 e. The van der Waals surface area contributed by atoms with Gasteiger partial charge in [-0.25, -0.2) is 9.37 Å². The number of fused-ring (bicyclic) bond motifs is 2. The standard InChI is InChI=1S/C18H14FN3O/c19-15-4-2-1-3-11(15)9-12-7-8-22-17(12)21-16-10-13(20)5-6-14(16)18(22)23/h1-6,9-10H,7-8,20H2/b12-9+. The van der Waals surface area contributed by atoms with E-state index < -0.39 is 0 Å². The molecule has 0 saturated carbocycles. The molecule has 1 aliphatic rings. The summed E-state index contributed by atoms with van der Waals surface area (Å²) >= 11 is 0. The molecule has 4 rings (SSSR count). The summed E-state index contributed by atoms with van der Waals surface area (Å²) in [4.78, 5) is 17.2. The summed E-state index contributed by atoms with van der Waals surface area (Å²) in [6.07, 6.45) is 2.42. The van der Waals surface area contributed by atoms with Gasteiger partial charge in [0.05, 0.1) is 10.9 Å². The fourth-order valence-electron chi connectivity index (χ4n) is 2.95. The van der Waals surface area contributed by atoms with Crippen molar-refractivity contribution >= 4 is 28.2 Å². The number of nitrogen functional groups attached to an aromatic ring is 1. The molecule has 1 aliphatic heterocycles. The van der Waals surface area contributed by atoms with Crippen molar-refractivity contribution in [3.8, 4) is 0 Å². The van der Waals surface area contributed by atoms with Crippen LogP contribution in [0.15, 0.2) is 47.3 Å². The molecule has 2 N–H and O–H groups in total. The third-order valence-electron chi connectivity index (χ3n) is 4.11. The van der Waals surface area contributed by atoms with Gasteiger partial charge in [-0.15, -0.1) is 0 Å². The van der Waals surface area contributed by atoms with E-state index in [0.29, 0.717) is 40.9 Å². The number of aromatic nitrogens is 2. The molecule has 0 atom stereocenters. The van der Waals surface area contributed by atoms with Crippen LogP contribution in [0.25, 0.3) is 22.6 Å². The number of allylic oxidation sites excluding steroid dienone is 1. The highest BCUT2D eigenvalue weighted by Crippen LogP contribution is 2.28. The Morgan fingerprint density at radius 1 is 1.22 bits per heavy atom. The average Bonchev–Trinajstić information content (AvgIpc) is 2.93. The predicted molar refractivity (Wildman–Crippen MR) is 89.3 cm³/mol. The van der Waals surface area contributed by atoms with Crippen LogP contribution < -0.4 is 11.3 Å². The first-order valence-electron chi connectivity index (χ1n) is 7.39. The van der Waals surface area contributed by atoms with Crippen LogP contribution in [0, 0.1) is 5.82 Å². The zero-order chi connectivity index (χ0) is 16.0. The second kappa shape index (κ2) is 5.05. The monoisotopic (exact) mass is 307 g/mol. The first-order chi connectivity index (χ1) is 11.1. The largest absolute Gasteiger partial charge is 0.399 e. The summed E-state index contributed by atoms with van der Waals surface area (Å²) in [5, 5.41) is 0.551. The Kier molecular flexibility index (Phi) is 3.01. The molecule has 0 radical (unpaired) electrons. The Hall–Kier alpha value is -2.95. The molecule has 5 heteroatoms. The molecular weight excluding hydrogens is 293 g/mol. The highest BCUT2D eigenvalue weighted by molar-refractivity contribution is 5.86. The van der Waals surface area contributed by atoms with E-state index in [4.69, 9.17) is 5.73 Å². The topological polar surface area (TPSA) is 60.9 Å². The van der Waals surface area contributed by atoms with Gasteiger partial charge < -0.3 is 5.73 Å². The van der Waals surface area contributed by atoms with Crippen molar-refractivity contribution in [2.45, 2.75) is 13.0 Å². The van der Waals surface area contributed by atoms with Crippen molar-refractivity contribution in [3.05, 3.63) is 70.0 Å². The number of rotatable bonds is 1. The second-order valence-corrected chi connectivity index (χ2v) is 5.61. The van der Waals surface area contributed by atoms with Crippen molar-refractivity contribution in [2.24, 2.45) is 0 Å². The number of halogens is 1. The molecule has 4 nitrogen and oxygen atoms in total. The molecule has 0 amide bonds. The zero-order valence-electron chi connectivity index (χ0n) is 12.3. The maximum atomic E-state index is 13.9. The molecule has 0 unspecified atom stereocenters. The summed E-state index contributed by atoms with van der Waals surface area (Å²) in [6, 6.07) is 11.7. The van der Waals surface area contributed by atoms with Crippen LogP contribution in [-0.2, 0) is 6.54 Å². The van der Waals surface area contributed by atoms with Crippen molar-refractivity contribution in [3.63, 3.8) is 0 Å². The first kappa shape index (κ1) is 13.7. The van der Waals surface area contributed by atoms with E-state index in [2.05, 4.69) is 4.98 Å². The lowest BCUT2D eigenvalue weighted by Crippen LogP contribution is -2.20. The molecule has 114 valence electrons. The molecule has 0 saturated heterocycles. The van der Waals surface area contributed by atoms with Gasteiger partial charge in [-0.1, -0.05) is 18.2 Å². The summed E-state index contributed by atoms with van der Waals surface area (Å²) in [7, 11) is 0.